The van der Waals surface area contributed by atoms with Gasteiger partial charge in [0.1, 0.15) is 19.8 Å². The Morgan fingerprint density at radius 1 is 0.642 bits per heavy atom. The maximum atomic E-state index is 12.7. The maximum absolute atomic E-state index is 12.7. The molecule has 2 N–H and O–H groups in total. The standard InChI is InChI=1S/C42H82NO9P/c1-6-8-10-12-14-15-16-17-18-19-20-25-29-33-41(45)49-37-40(38-51-53(47,48)50-36-35-43(3,4)5)52-42(46)34-30-26-22-21-24-28-32-39(44)31-27-23-13-11-9-7-2/h23,27,39-40,44H,6-22,24-26,28-38H2,1-5H3/p+1/b27-23+. The zero-order chi connectivity index (χ0) is 39.5. The molecule has 314 valence electrons. The van der Waals surface area contributed by atoms with Crippen molar-refractivity contribution in [2.45, 2.75) is 199 Å². The second-order valence-corrected chi connectivity index (χ2v) is 17.4. The van der Waals surface area contributed by atoms with Gasteiger partial charge in [0.2, 0.25) is 0 Å². The number of likely N-dealkylation sites (N-methyl/N-ethyl adjacent to an activating group) is 1. The smallest absolute Gasteiger partial charge is 0.462 e. The Hall–Kier alpha value is -1.29. The molecule has 0 saturated carbocycles. The maximum Gasteiger partial charge on any atom is 0.472 e. The minimum Gasteiger partial charge on any atom is -0.462 e. The van der Waals surface area contributed by atoms with Crippen LogP contribution in [0.15, 0.2) is 12.2 Å². The van der Waals surface area contributed by atoms with Crippen molar-refractivity contribution in [2.75, 3.05) is 47.5 Å². The Kier molecular flexibility index (Phi) is 34.3. The van der Waals surface area contributed by atoms with E-state index in [9.17, 15) is 24.2 Å². The van der Waals surface area contributed by atoms with Crippen LogP contribution < -0.4 is 0 Å². The van der Waals surface area contributed by atoms with Crippen molar-refractivity contribution in [1.82, 2.24) is 0 Å². The summed E-state index contributed by atoms with van der Waals surface area (Å²) in [6.07, 6.45) is 31.2. The van der Waals surface area contributed by atoms with Crippen LogP contribution in [0.25, 0.3) is 0 Å². The number of rotatable bonds is 39. The van der Waals surface area contributed by atoms with Gasteiger partial charge in [-0.25, -0.2) is 4.57 Å². The number of allylic oxidation sites excluding steroid dienone is 1. The lowest BCUT2D eigenvalue weighted by molar-refractivity contribution is -0.870. The van der Waals surface area contributed by atoms with Crippen molar-refractivity contribution >= 4 is 19.8 Å². The average Bonchev–Trinajstić information content (AvgIpc) is 3.10. The lowest BCUT2D eigenvalue weighted by Gasteiger charge is -2.24. The molecule has 3 unspecified atom stereocenters. The summed E-state index contributed by atoms with van der Waals surface area (Å²) in [5, 5.41) is 10.2. The summed E-state index contributed by atoms with van der Waals surface area (Å²) in [6, 6.07) is 0. The van der Waals surface area contributed by atoms with E-state index in [0.29, 0.717) is 17.4 Å². The highest BCUT2D eigenvalue weighted by Gasteiger charge is 2.27. The average molecular weight is 777 g/mol. The Morgan fingerprint density at radius 3 is 1.68 bits per heavy atom. The minimum absolute atomic E-state index is 0.0208. The van der Waals surface area contributed by atoms with Crippen LogP contribution in [0.2, 0.25) is 0 Å². The Bertz CT molecular complexity index is 940. The molecule has 0 fully saturated rings. The molecule has 0 aliphatic heterocycles. The molecule has 0 bridgehead atoms. The fourth-order valence-electron chi connectivity index (χ4n) is 5.91. The summed E-state index contributed by atoms with van der Waals surface area (Å²) in [4.78, 5) is 35.3. The molecular weight excluding hydrogens is 693 g/mol. The molecule has 0 rings (SSSR count). The number of esters is 2. The number of carbonyl (C=O) groups is 2. The summed E-state index contributed by atoms with van der Waals surface area (Å²) in [5.41, 5.74) is 0. The van der Waals surface area contributed by atoms with Gasteiger partial charge in [-0.1, -0.05) is 148 Å². The number of phosphoric acid groups is 1. The first-order valence-electron chi connectivity index (χ1n) is 21.5. The van der Waals surface area contributed by atoms with Gasteiger partial charge < -0.3 is 24.0 Å². The van der Waals surface area contributed by atoms with Gasteiger partial charge >= 0.3 is 19.8 Å². The Labute approximate surface area is 325 Å². The van der Waals surface area contributed by atoms with Crippen LogP contribution in [-0.2, 0) is 32.7 Å². The van der Waals surface area contributed by atoms with E-state index in [0.717, 1.165) is 70.6 Å². The van der Waals surface area contributed by atoms with Gasteiger partial charge in [0, 0.05) is 12.8 Å². The van der Waals surface area contributed by atoms with Crippen molar-refractivity contribution in [3.63, 3.8) is 0 Å². The fourth-order valence-corrected chi connectivity index (χ4v) is 6.65. The van der Waals surface area contributed by atoms with Crippen LogP contribution in [0.1, 0.15) is 187 Å². The molecule has 0 aliphatic carbocycles. The third kappa shape index (κ3) is 38.8. The van der Waals surface area contributed by atoms with Gasteiger partial charge in [-0.3, -0.25) is 18.6 Å². The van der Waals surface area contributed by atoms with Crippen LogP contribution in [-0.4, -0.2) is 86.1 Å². The molecule has 0 aromatic carbocycles. The molecule has 53 heavy (non-hydrogen) atoms. The number of aliphatic hydroxyl groups is 1. The van der Waals surface area contributed by atoms with E-state index < -0.39 is 26.5 Å². The SMILES string of the molecule is CCCCC/C=C/CC(O)CCCCCCCCC(=O)OC(COC(=O)CCCCCCCCCCCCCCC)COP(=O)(O)OCC[N+](C)(C)C. The first kappa shape index (κ1) is 51.7. The lowest BCUT2D eigenvalue weighted by Crippen LogP contribution is -2.37. The molecule has 0 aromatic heterocycles. The number of phosphoric ester groups is 1. The molecular formula is C42H83NO9P+. The molecule has 0 aromatic rings. The number of hydrogen-bond acceptors (Lipinski definition) is 8. The van der Waals surface area contributed by atoms with Gasteiger partial charge in [0.15, 0.2) is 6.10 Å². The molecule has 0 heterocycles. The summed E-state index contributed by atoms with van der Waals surface area (Å²) in [5.74, 6) is -0.845. The lowest BCUT2D eigenvalue weighted by atomic mass is 10.0. The second kappa shape index (κ2) is 35.1. The predicted molar refractivity (Wildman–Crippen MR) is 217 cm³/mol. The monoisotopic (exact) mass is 777 g/mol. The largest absolute Gasteiger partial charge is 0.472 e. The van der Waals surface area contributed by atoms with E-state index in [1.54, 1.807) is 0 Å². The molecule has 11 heteroatoms. The van der Waals surface area contributed by atoms with Gasteiger partial charge in [0.25, 0.3) is 0 Å². The molecule has 3 atom stereocenters. The van der Waals surface area contributed by atoms with E-state index in [1.807, 2.05) is 21.1 Å². The minimum atomic E-state index is -4.39. The number of nitrogens with zero attached hydrogens (tertiary/aromatic N) is 1. The highest BCUT2D eigenvalue weighted by molar-refractivity contribution is 7.47. The van der Waals surface area contributed by atoms with E-state index in [4.69, 9.17) is 18.5 Å². The van der Waals surface area contributed by atoms with E-state index >= 15 is 0 Å². The number of carbonyl (C=O) groups excluding carboxylic acids is 2. The molecule has 0 saturated heterocycles. The third-order valence-electron chi connectivity index (χ3n) is 9.37. The first-order chi connectivity index (χ1) is 25.4. The highest BCUT2D eigenvalue weighted by atomic mass is 31.2. The van der Waals surface area contributed by atoms with Crippen LogP contribution >= 0.6 is 7.82 Å². The molecule has 10 nitrogen and oxygen atoms in total. The number of hydrogen-bond donors (Lipinski definition) is 2. The summed E-state index contributed by atoms with van der Waals surface area (Å²) in [7, 11) is 1.44. The van der Waals surface area contributed by atoms with E-state index in [2.05, 4.69) is 26.0 Å². The van der Waals surface area contributed by atoms with E-state index in [1.165, 1.54) is 83.5 Å². The highest BCUT2D eigenvalue weighted by Crippen LogP contribution is 2.43. The summed E-state index contributed by atoms with van der Waals surface area (Å²) >= 11 is 0. The second-order valence-electron chi connectivity index (χ2n) is 15.9. The van der Waals surface area contributed by atoms with Gasteiger partial charge in [-0.2, -0.15) is 0 Å². The summed E-state index contributed by atoms with van der Waals surface area (Å²) in [6.45, 7) is 4.30. The van der Waals surface area contributed by atoms with Crippen molar-refractivity contribution in [3.8, 4) is 0 Å². The zero-order valence-corrected chi connectivity index (χ0v) is 35.8. The van der Waals surface area contributed by atoms with Crippen LogP contribution in [0, 0.1) is 0 Å². The number of unbranched alkanes of at least 4 members (excludes halogenated alkanes) is 20. The normalized spacial score (nSPS) is 14.3. The van der Waals surface area contributed by atoms with Crippen molar-refractivity contribution in [2.24, 2.45) is 0 Å². The molecule has 0 aliphatic rings. The number of aliphatic hydroxyl groups excluding tert-OH is 1. The molecule has 0 radical (unpaired) electrons. The Morgan fingerprint density at radius 2 is 1.13 bits per heavy atom. The molecule has 0 amide bonds. The van der Waals surface area contributed by atoms with Crippen LogP contribution in [0.5, 0.6) is 0 Å². The number of quaternary nitrogens is 1. The zero-order valence-electron chi connectivity index (χ0n) is 34.9. The fraction of sp³-hybridized carbons (Fsp3) is 0.905. The van der Waals surface area contributed by atoms with E-state index in [-0.39, 0.29) is 38.1 Å². The van der Waals surface area contributed by atoms with Crippen molar-refractivity contribution < 1.29 is 47.2 Å². The summed E-state index contributed by atoms with van der Waals surface area (Å²) < 4.78 is 34.2. The predicted octanol–water partition coefficient (Wildman–Crippen LogP) is 10.8. The van der Waals surface area contributed by atoms with Crippen LogP contribution in [0.4, 0.5) is 0 Å². The van der Waals surface area contributed by atoms with Gasteiger partial charge in [0.05, 0.1) is 33.9 Å². The van der Waals surface area contributed by atoms with Crippen molar-refractivity contribution in [3.05, 3.63) is 12.2 Å². The third-order valence-corrected chi connectivity index (χ3v) is 10.4. The number of ether oxygens (including phenoxy) is 2. The van der Waals surface area contributed by atoms with Gasteiger partial charge in [-0.15, -0.1) is 0 Å². The van der Waals surface area contributed by atoms with Crippen molar-refractivity contribution in [1.29, 1.82) is 0 Å². The van der Waals surface area contributed by atoms with Crippen LogP contribution in [0.3, 0.4) is 0 Å². The molecule has 0 spiro atoms. The Balaban J connectivity index is 4.42. The quantitative estimate of drug-likeness (QED) is 0.0206. The topological polar surface area (TPSA) is 129 Å². The first-order valence-corrected chi connectivity index (χ1v) is 23.0. The van der Waals surface area contributed by atoms with Gasteiger partial charge in [-0.05, 0) is 38.5 Å².